The molecule has 29 heavy (non-hydrogen) atoms. The summed E-state index contributed by atoms with van der Waals surface area (Å²) in [6.07, 6.45) is 0.144. The number of likely N-dealkylation sites (tertiary alicyclic amines) is 1. The van der Waals surface area contributed by atoms with Crippen LogP contribution in [0.15, 0.2) is 48.5 Å². The summed E-state index contributed by atoms with van der Waals surface area (Å²) < 4.78 is 27.3. The second-order valence-corrected chi connectivity index (χ2v) is 7.58. The molecule has 0 unspecified atom stereocenters. The van der Waals surface area contributed by atoms with Gasteiger partial charge in [-0.2, -0.15) is 0 Å². The Hall–Kier alpha value is -2.96. The Morgan fingerprint density at radius 3 is 2.28 bits per heavy atom. The van der Waals surface area contributed by atoms with Gasteiger partial charge in [0.05, 0.1) is 17.6 Å². The molecule has 4 rings (SSSR count). The lowest BCUT2D eigenvalue weighted by Gasteiger charge is -2.38. The van der Waals surface area contributed by atoms with Crippen molar-refractivity contribution in [1.82, 2.24) is 9.80 Å². The van der Waals surface area contributed by atoms with Crippen LogP contribution < -0.4 is 4.90 Å². The van der Waals surface area contributed by atoms with Crippen LogP contribution in [0.4, 0.5) is 14.5 Å². The van der Waals surface area contributed by atoms with Crippen LogP contribution >= 0.6 is 0 Å². The van der Waals surface area contributed by atoms with E-state index in [1.54, 1.807) is 47.2 Å². The first-order valence-corrected chi connectivity index (χ1v) is 9.75. The topological polar surface area (TPSA) is 43.9 Å². The first-order chi connectivity index (χ1) is 14.0. The number of carbonyl (C=O) groups is 2. The van der Waals surface area contributed by atoms with Crippen molar-refractivity contribution < 1.29 is 18.4 Å². The Labute approximate surface area is 168 Å². The van der Waals surface area contributed by atoms with Crippen molar-refractivity contribution >= 4 is 17.5 Å². The van der Waals surface area contributed by atoms with E-state index in [-0.39, 0.29) is 29.9 Å². The van der Waals surface area contributed by atoms with Crippen LogP contribution in [0, 0.1) is 17.6 Å². The van der Waals surface area contributed by atoms with Crippen molar-refractivity contribution in [1.29, 1.82) is 0 Å². The van der Waals surface area contributed by atoms with Gasteiger partial charge in [0.2, 0.25) is 11.8 Å². The van der Waals surface area contributed by atoms with Gasteiger partial charge < -0.3 is 14.7 Å². The quantitative estimate of drug-likeness (QED) is 0.797. The minimum atomic E-state index is -0.502. The number of anilines is 1. The van der Waals surface area contributed by atoms with Crippen LogP contribution in [-0.2, 0) is 9.59 Å². The number of para-hydroxylation sites is 1. The summed E-state index contributed by atoms with van der Waals surface area (Å²) in [4.78, 5) is 30.8. The molecule has 2 atom stereocenters. The highest BCUT2D eigenvalue weighted by Crippen LogP contribution is 2.38. The van der Waals surface area contributed by atoms with Gasteiger partial charge in [-0.25, -0.2) is 8.78 Å². The molecule has 2 heterocycles. The number of nitrogens with zero attached hydrogens (tertiary/aromatic N) is 3. The molecule has 5 nitrogen and oxygen atoms in total. The average molecular weight is 399 g/mol. The van der Waals surface area contributed by atoms with E-state index in [1.165, 1.54) is 18.2 Å². The van der Waals surface area contributed by atoms with Gasteiger partial charge in [0, 0.05) is 39.6 Å². The molecule has 2 aromatic carbocycles. The van der Waals surface area contributed by atoms with E-state index in [9.17, 15) is 18.4 Å². The minimum absolute atomic E-state index is 0.0785. The molecule has 0 saturated carbocycles. The van der Waals surface area contributed by atoms with E-state index in [1.807, 2.05) is 4.90 Å². The fourth-order valence-electron chi connectivity index (χ4n) is 4.32. The van der Waals surface area contributed by atoms with Crippen LogP contribution in [0.5, 0.6) is 0 Å². The first-order valence-electron chi connectivity index (χ1n) is 9.75. The van der Waals surface area contributed by atoms with Crippen molar-refractivity contribution in [3.63, 3.8) is 0 Å². The van der Waals surface area contributed by atoms with Gasteiger partial charge in [-0.3, -0.25) is 9.59 Å². The number of halogens is 2. The van der Waals surface area contributed by atoms with Crippen LogP contribution in [-0.4, -0.2) is 54.8 Å². The SMILES string of the molecule is CN1C(=O)C[C@H](C(=O)N2CCN(c3ccccc3F)CC2)[C@@H]1c1ccc(F)cc1. The molecule has 2 fully saturated rings. The van der Waals surface area contributed by atoms with E-state index in [2.05, 4.69) is 0 Å². The predicted octanol–water partition coefficient (Wildman–Crippen LogP) is 2.83. The maximum Gasteiger partial charge on any atom is 0.228 e. The van der Waals surface area contributed by atoms with Gasteiger partial charge in [0.25, 0.3) is 0 Å². The zero-order chi connectivity index (χ0) is 20.5. The number of hydrogen-bond donors (Lipinski definition) is 0. The zero-order valence-corrected chi connectivity index (χ0v) is 16.2. The lowest BCUT2D eigenvalue weighted by atomic mass is 9.92. The van der Waals surface area contributed by atoms with Gasteiger partial charge in [-0.1, -0.05) is 24.3 Å². The second-order valence-electron chi connectivity index (χ2n) is 7.58. The molecule has 0 spiro atoms. The van der Waals surface area contributed by atoms with Gasteiger partial charge in [0.15, 0.2) is 0 Å². The third kappa shape index (κ3) is 3.69. The standard InChI is InChI=1S/C22H23F2N3O2/c1-25-20(28)14-17(21(25)15-6-8-16(23)9-7-15)22(29)27-12-10-26(11-13-27)19-5-3-2-4-18(19)24/h2-9,17,21H,10-14H2,1H3/t17-,21-/m0/s1. The summed E-state index contributed by atoms with van der Waals surface area (Å²) >= 11 is 0. The van der Waals surface area contributed by atoms with Crippen LogP contribution in [0.3, 0.4) is 0 Å². The number of hydrogen-bond acceptors (Lipinski definition) is 3. The summed E-state index contributed by atoms with van der Waals surface area (Å²) in [7, 11) is 1.68. The molecule has 0 bridgehead atoms. The number of piperazine rings is 1. The maximum absolute atomic E-state index is 14.0. The van der Waals surface area contributed by atoms with Crippen molar-refractivity contribution in [3.8, 4) is 0 Å². The van der Waals surface area contributed by atoms with Crippen molar-refractivity contribution in [3.05, 3.63) is 65.7 Å². The number of rotatable bonds is 3. The van der Waals surface area contributed by atoms with Crippen molar-refractivity contribution in [2.45, 2.75) is 12.5 Å². The molecule has 0 N–H and O–H groups in total. The monoisotopic (exact) mass is 399 g/mol. The van der Waals surface area contributed by atoms with Gasteiger partial charge in [-0.05, 0) is 29.8 Å². The summed E-state index contributed by atoms with van der Waals surface area (Å²) in [5.41, 5.74) is 1.29. The number of amides is 2. The van der Waals surface area contributed by atoms with Crippen LogP contribution in [0.2, 0.25) is 0 Å². The number of benzene rings is 2. The maximum atomic E-state index is 14.0. The van der Waals surface area contributed by atoms with Gasteiger partial charge in [0.1, 0.15) is 11.6 Å². The summed E-state index contributed by atoms with van der Waals surface area (Å²) in [5, 5.41) is 0. The normalized spacial score (nSPS) is 22.3. The molecule has 2 saturated heterocycles. The third-order valence-corrected chi connectivity index (χ3v) is 5.90. The van der Waals surface area contributed by atoms with Gasteiger partial charge in [-0.15, -0.1) is 0 Å². The Kier molecular flexibility index (Phi) is 5.22. The first kappa shape index (κ1) is 19.4. The molecule has 0 aliphatic carbocycles. The predicted molar refractivity (Wildman–Crippen MR) is 105 cm³/mol. The average Bonchev–Trinajstić information content (AvgIpc) is 3.03. The second kappa shape index (κ2) is 7.81. The summed E-state index contributed by atoms with van der Waals surface area (Å²) in [5.74, 6) is -1.30. The Morgan fingerprint density at radius 2 is 1.62 bits per heavy atom. The molecule has 152 valence electrons. The molecule has 2 aliphatic rings. The van der Waals surface area contributed by atoms with E-state index in [0.29, 0.717) is 31.9 Å². The zero-order valence-electron chi connectivity index (χ0n) is 16.2. The lowest BCUT2D eigenvalue weighted by molar-refractivity contribution is -0.136. The largest absolute Gasteiger partial charge is 0.366 e. The molecule has 0 radical (unpaired) electrons. The molecule has 0 aromatic heterocycles. The summed E-state index contributed by atoms with van der Waals surface area (Å²) in [6.45, 7) is 2.00. The lowest BCUT2D eigenvalue weighted by Crippen LogP contribution is -2.51. The smallest absolute Gasteiger partial charge is 0.228 e. The molecular weight excluding hydrogens is 376 g/mol. The Bertz CT molecular complexity index is 911. The number of carbonyl (C=O) groups excluding carboxylic acids is 2. The van der Waals surface area contributed by atoms with Crippen LogP contribution in [0.25, 0.3) is 0 Å². The molecule has 7 heteroatoms. The van der Waals surface area contributed by atoms with Gasteiger partial charge >= 0.3 is 0 Å². The van der Waals surface area contributed by atoms with E-state index >= 15 is 0 Å². The fourth-order valence-corrected chi connectivity index (χ4v) is 4.32. The summed E-state index contributed by atoms with van der Waals surface area (Å²) in [6, 6.07) is 12.2. The van der Waals surface area contributed by atoms with Crippen molar-refractivity contribution in [2.75, 3.05) is 38.1 Å². The molecular formula is C22H23F2N3O2. The molecule has 2 aromatic rings. The Balaban J connectivity index is 1.48. The molecule has 2 aliphatic heterocycles. The van der Waals surface area contributed by atoms with Crippen LogP contribution in [0.1, 0.15) is 18.0 Å². The van der Waals surface area contributed by atoms with E-state index < -0.39 is 12.0 Å². The highest BCUT2D eigenvalue weighted by atomic mass is 19.1. The van der Waals surface area contributed by atoms with E-state index in [4.69, 9.17) is 0 Å². The Morgan fingerprint density at radius 1 is 0.966 bits per heavy atom. The molecule has 2 amide bonds. The van der Waals surface area contributed by atoms with E-state index in [0.717, 1.165) is 5.56 Å². The minimum Gasteiger partial charge on any atom is -0.366 e. The fraction of sp³-hybridized carbons (Fsp3) is 0.364. The highest BCUT2D eigenvalue weighted by molar-refractivity contribution is 5.90. The van der Waals surface area contributed by atoms with Crippen molar-refractivity contribution in [2.24, 2.45) is 5.92 Å². The highest BCUT2D eigenvalue weighted by Gasteiger charge is 2.44. The third-order valence-electron chi connectivity index (χ3n) is 5.90.